The van der Waals surface area contributed by atoms with Gasteiger partial charge in [-0.15, -0.1) is 0 Å². The quantitative estimate of drug-likeness (QED) is 0.631. The van der Waals surface area contributed by atoms with E-state index in [1.807, 2.05) is 0 Å². The largest absolute Gasteiger partial charge is 0.393 e. The van der Waals surface area contributed by atoms with Gasteiger partial charge in [0.05, 0.1) is 6.10 Å². The summed E-state index contributed by atoms with van der Waals surface area (Å²) in [6.45, 7) is 3.00. The molecule has 0 aromatic heterocycles. The number of hydrogen-bond donors (Lipinski definition) is 2. The van der Waals surface area contributed by atoms with E-state index in [4.69, 9.17) is 5.73 Å². The maximum atomic E-state index is 9.25. The maximum absolute atomic E-state index is 9.25. The molecule has 0 saturated heterocycles. The number of hydrogen-bond acceptors (Lipinski definition) is 2. The fraction of sp³-hybridized carbons (Fsp3) is 1.00. The monoisotopic (exact) mass is 157 g/mol. The molecule has 0 radical (unpaired) electrons. The summed E-state index contributed by atoms with van der Waals surface area (Å²) in [4.78, 5) is 0. The lowest BCUT2D eigenvalue weighted by Crippen LogP contribution is -2.26. The van der Waals surface area contributed by atoms with E-state index in [0.29, 0.717) is 5.92 Å². The van der Waals surface area contributed by atoms with Crippen molar-refractivity contribution in [3.8, 4) is 0 Å². The molecule has 1 rings (SSSR count). The van der Waals surface area contributed by atoms with Crippen molar-refractivity contribution in [1.29, 1.82) is 0 Å². The van der Waals surface area contributed by atoms with Crippen molar-refractivity contribution in [3.63, 3.8) is 0 Å². The highest BCUT2D eigenvalue weighted by Gasteiger charge is 2.22. The molecule has 1 unspecified atom stereocenters. The summed E-state index contributed by atoms with van der Waals surface area (Å²) in [6.07, 6.45) is 4.26. The van der Waals surface area contributed by atoms with Crippen LogP contribution in [0.5, 0.6) is 0 Å². The molecule has 1 saturated carbocycles. The summed E-state index contributed by atoms with van der Waals surface area (Å²) in [5.41, 5.74) is 5.58. The summed E-state index contributed by atoms with van der Waals surface area (Å²) in [6, 6.07) is 0. The second-order valence-corrected chi connectivity index (χ2v) is 3.78. The molecule has 0 aromatic rings. The minimum Gasteiger partial charge on any atom is -0.393 e. The van der Waals surface area contributed by atoms with Crippen molar-refractivity contribution in [1.82, 2.24) is 0 Å². The Kier molecular flexibility index (Phi) is 3.34. The summed E-state index contributed by atoms with van der Waals surface area (Å²) >= 11 is 0. The van der Waals surface area contributed by atoms with Crippen molar-refractivity contribution < 1.29 is 5.11 Å². The van der Waals surface area contributed by atoms with Gasteiger partial charge in [0.2, 0.25) is 0 Å². The molecular weight excluding hydrogens is 138 g/mol. The first-order chi connectivity index (χ1) is 5.24. The van der Waals surface area contributed by atoms with Crippen molar-refractivity contribution in [2.45, 2.75) is 38.7 Å². The van der Waals surface area contributed by atoms with Gasteiger partial charge < -0.3 is 10.8 Å². The van der Waals surface area contributed by atoms with Gasteiger partial charge in [0.25, 0.3) is 0 Å². The SMILES string of the molecule is CC(CN)C1CCC(O)CC1. The average Bonchev–Trinajstić information content (AvgIpc) is 2.05. The predicted octanol–water partition coefficient (Wildman–Crippen LogP) is 1.13. The van der Waals surface area contributed by atoms with Crippen LogP contribution >= 0.6 is 0 Å². The Balaban J connectivity index is 2.27. The van der Waals surface area contributed by atoms with Crippen molar-refractivity contribution >= 4 is 0 Å². The first-order valence-electron chi connectivity index (χ1n) is 4.62. The number of aliphatic hydroxyl groups is 1. The number of nitrogens with two attached hydrogens (primary N) is 1. The van der Waals surface area contributed by atoms with Crippen molar-refractivity contribution in [2.24, 2.45) is 17.6 Å². The van der Waals surface area contributed by atoms with E-state index in [1.54, 1.807) is 0 Å². The normalized spacial score (nSPS) is 35.2. The standard InChI is InChI=1S/C9H19NO/c1-7(6-10)8-2-4-9(11)5-3-8/h7-9,11H,2-6,10H2,1H3. The molecule has 2 heteroatoms. The highest BCUT2D eigenvalue weighted by molar-refractivity contribution is 4.75. The smallest absolute Gasteiger partial charge is 0.0540 e. The Hall–Kier alpha value is -0.0800. The van der Waals surface area contributed by atoms with Crippen LogP contribution in [0.3, 0.4) is 0 Å². The van der Waals surface area contributed by atoms with Crippen LogP contribution in [0.1, 0.15) is 32.6 Å². The molecule has 1 fully saturated rings. The van der Waals surface area contributed by atoms with Crippen LogP contribution in [0.4, 0.5) is 0 Å². The number of rotatable bonds is 2. The second kappa shape index (κ2) is 4.07. The van der Waals surface area contributed by atoms with Crippen LogP contribution in [-0.2, 0) is 0 Å². The lowest BCUT2D eigenvalue weighted by molar-refractivity contribution is 0.0948. The summed E-state index contributed by atoms with van der Waals surface area (Å²) in [7, 11) is 0. The maximum Gasteiger partial charge on any atom is 0.0540 e. The highest BCUT2D eigenvalue weighted by atomic mass is 16.3. The molecule has 2 nitrogen and oxygen atoms in total. The zero-order valence-electron chi connectivity index (χ0n) is 7.29. The van der Waals surface area contributed by atoms with Crippen molar-refractivity contribution in [2.75, 3.05) is 6.54 Å². The molecule has 1 aliphatic carbocycles. The second-order valence-electron chi connectivity index (χ2n) is 3.78. The van der Waals surface area contributed by atoms with E-state index in [1.165, 1.54) is 12.8 Å². The summed E-state index contributed by atoms with van der Waals surface area (Å²) in [5.74, 6) is 1.41. The Labute approximate surface area is 68.8 Å². The first kappa shape index (κ1) is 9.01. The van der Waals surface area contributed by atoms with Gasteiger partial charge in [-0.25, -0.2) is 0 Å². The fourth-order valence-corrected chi connectivity index (χ4v) is 1.86. The highest BCUT2D eigenvalue weighted by Crippen LogP contribution is 2.29. The molecule has 1 atom stereocenters. The Morgan fingerprint density at radius 2 is 1.91 bits per heavy atom. The van der Waals surface area contributed by atoms with Gasteiger partial charge in [-0.1, -0.05) is 6.92 Å². The van der Waals surface area contributed by atoms with Crippen LogP contribution in [0, 0.1) is 11.8 Å². The Morgan fingerprint density at radius 3 is 2.36 bits per heavy atom. The van der Waals surface area contributed by atoms with Gasteiger partial charge in [-0.2, -0.15) is 0 Å². The van der Waals surface area contributed by atoms with Gasteiger partial charge in [-0.05, 0) is 44.1 Å². The molecule has 0 aromatic carbocycles. The lowest BCUT2D eigenvalue weighted by atomic mass is 9.80. The first-order valence-corrected chi connectivity index (χ1v) is 4.62. The molecular formula is C9H19NO. The third-order valence-electron chi connectivity index (χ3n) is 2.92. The van der Waals surface area contributed by atoms with Gasteiger partial charge >= 0.3 is 0 Å². The van der Waals surface area contributed by atoms with Crippen LogP contribution in [-0.4, -0.2) is 17.8 Å². The fourth-order valence-electron chi connectivity index (χ4n) is 1.86. The lowest BCUT2D eigenvalue weighted by Gasteiger charge is -2.29. The topological polar surface area (TPSA) is 46.2 Å². The Morgan fingerprint density at radius 1 is 1.36 bits per heavy atom. The van der Waals surface area contributed by atoms with E-state index in [0.717, 1.165) is 25.3 Å². The third kappa shape index (κ3) is 2.46. The minimum atomic E-state index is -0.0313. The van der Waals surface area contributed by atoms with E-state index in [-0.39, 0.29) is 6.10 Å². The van der Waals surface area contributed by atoms with E-state index in [9.17, 15) is 5.11 Å². The molecule has 0 heterocycles. The van der Waals surface area contributed by atoms with Gasteiger partial charge in [0.1, 0.15) is 0 Å². The summed E-state index contributed by atoms with van der Waals surface area (Å²) < 4.78 is 0. The van der Waals surface area contributed by atoms with Crippen LogP contribution < -0.4 is 5.73 Å². The molecule has 0 bridgehead atoms. The van der Waals surface area contributed by atoms with Gasteiger partial charge in [-0.3, -0.25) is 0 Å². The summed E-state index contributed by atoms with van der Waals surface area (Å²) in [5, 5.41) is 9.25. The van der Waals surface area contributed by atoms with Crippen LogP contribution in [0.2, 0.25) is 0 Å². The molecule has 1 aliphatic rings. The number of aliphatic hydroxyl groups excluding tert-OH is 1. The molecule has 0 spiro atoms. The van der Waals surface area contributed by atoms with Crippen LogP contribution in [0.25, 0.3) is 0 Å². The van der Waals surface area contributed by atoms with Crippen molar-refractivity contribution in [3.05, 3.63) is 0 Å². The molecule has 3 N–H and O–H groups in total. The van der Waals surface area contributed by atoms with Crippen LogP contribution in [0.15, 0.2) is 0 Å². The molecule has 0 aliphatic heterocycles. The van der Waals surface area contributed by atoms with E-state index < -0.39 is 0 Å². The van der Waals surface area contributed by atoms with E-state index >= 15 is 0 Å². The zero-order chi connectivity index (χ0) is 8.27. The van der Waals surface area contributed by atoms with Gasteiger partial charge in [0.15, 0.2) is 0 Å². The van der Waals surface area contributed by atoms with Gasteiger partial charge in [0, 0.05) is 0 Å². The zero-order valence-corrected chi connectivity index (χ0v) is 7.29. The molecule has 0 amide bonds. The Bertz CT molecular complexity index is 108. The average molecular weight is 157 g/mol. The molecule has 11 heavy (non-hydrogen) atoms. The third-order valence-corrected chi connectivity index (χ3v) is 2.92. The molecule has 66 valence electrons. The van der Waals surface area contributed by atoms with E-state index in [2.05, 4.69) is 6.92 Å². The predicted molar refractivity (Wildman–Crippen MR) is 46.2 cm³/mol. The minimum absolute atomic E-state index is 0.0313.